The van der Waals surface area contributed by atoms with Crippen LogP contribution in [0.3, 0.4) is 0 Å². The van der Waals surface area contributed by atoms with Crippen molar-refractivity contribution in [3.63, 3.8) is 0 Å². The molecule has 0 aliphatic carbocycles. The Balaban J connectivity index is 2.16. The molecular weight excluding hydrogens is 415 g/mol. The van der Waals surface area contributed by atoms with Crippen LogP contribution >= 0.6 is 11.8 Å². The first-order valence-corrected chi connectivity index (χ1v) is 9.53. The van der Waals surface area contributed by atoms with Gasteiger partial charge in [0, 0.05) is 31.2 Å². The van der Waals surface area contributed by atoms with E-state index in [0.717, 1.165) is 18.6 Å². The first-order chi connectivity index (χ1) is 14.4. The molecule has 0 N–H and O–H groups in total. The molecule has 0 spiro atoms. The fourth-order valence-electron chi connectivity index (χ4n) is 2.27. The van der Waals surface area contributed by atoms with Gasteiger partial charge in [-0.1, -0.05) is 43.3 Å². The normalized spacial score (nSPS) is 10.8. The molecule has 2 aromatic carbocycles. The largest absolute Gasteiger partial charge is 0.487 e. The van der Waals surface area contributed by atoms with E-state index in [2.05, 4.69) is 0 Å². The van der Waals surface area contributed by atoms with Gasteiger partial charge in [0.25, 0.3) is 0 Å². The Morgan fingerprint density at radius 2 is 1.87 bits per heavy atom. The van der Waals surface area contributed by atoms with Crippen LogP contribution in [0.25, 0.3) is 6.08 Å². The average Bonchev–Trinajstić information content (AvgIpc) is 2.71. The summed E-state index contributed by atoms with van der Waals surface area (Å²) in [5, 5.41) is 0.378. The molecule has 0 heterocycles. The molecule has 0 unspecified atom stereocenters. The number of nitrogens with zero attached hydrogens (tertiary/aromatic N) is 2. The lowest BCUT2D eigenvalue weighted by Gasteiger charge is -2.26. The van der Waals surface area contributed by atoms with Crippen LogP contribution in [0.15, 0.2) is 54.6 Å². The molecular formula is C21H22ClFN2O5. The summed E-state index contributed by atoms with van der Waals surface area (Å²) in [6.45, 7) is 3.03. The van der Waals surface area contributed by atoms with E-state index in [4.69, 9.17) is 26.2 Å². The molecule has 0 bridgehead atoms. The smallest absolute Gasteiger partial charge is 0.331 e. The zero-order valence-electron chi connectivity index (χ0n) is 16.6. The van der Waals surface area contributed by atoms with E-state index in [1.165, 1.54) is 12.1 Å². The highest BCUT2D eigenvalue weighted by atomic mass is 35.5. The highest BCUT2D eigenvalue weighted by Gasteiger charge is 2.26. The highest BCUT2D eigenvalue weighted by molar-refractivity contribution is 6.25. The molecule has 160 valence electrons. The van der Waals surface area contributed by atoms with Crippen LogP contribution < -0.4 is 9.26 Å². The molecule has 7 nitrogen and oxygen atoms in total. The van der Waals surface area contributed by atoms with Crippen molar-refractivity contribution >= 4 is 35.5 Å². The van der Waals surface area contributed by atoms with Crippen molar-refractivity contribution in [3.05, 3.63) is 66.0 Å². The number of benzene rings is 2. The minimum absolute atomic E-state index is 0.0321. The summed E-state index contributed by atoms with van der Waals surface area (Å²) in [5.74, 6) is -1.93. The van der Waals surface area contributed by atoms with E-state index in [0.29, 0.717) is 16.3 Å². The second kappa shape index (κ2) is 11.8. The van der Waals surface area contributed by atoms with Gasteiger partial charge in [0.05, 0.1) is 0 Å². The van der Waals surface area contributed by atoms with Crippen LogP contribution in [-0.2, 0) is 19.3 Å². The number of anilines is 1. The van der Waals surface area contributed by atoms with Crippen LogP contribution in [0.2, 0.25) is 0 Å². The van der Waals surface area contributed by atoms with Crippen molar-refractivity contribution in [1.82, 2.24) is 5.34 Å². The molecule has 0 radical (unpaired) electrons. The lowest BCUT2D eigenvalue weighted by molar-refractivity contribution is -0.321. The van der Waals surface area contributed by atoms with Crippen molar-refractivity contribution in [1.29, 1.82) is 0 Å². The summed E-state index contributed by atoms with van der Waals surface area (Å²) in [7, 11) is 0. The molecule has 0 saturated carbocycles. The fourth-order valence-corrected chi connectivity index (χ4v) is 2.46. The number of carbonyl (C=O) groups is 2. The summed E-state index contributed by atoms with van der Waals surface area (Å²) < 4.78 is 20.1. The van der Waals surface area contributed by atoms with Gasteiger partial charge in [-0.05, 0) is 30.2 Å². The van der Waals surface area contributed by atoms with E-state index in [9.17, 15) is 14.0 Å². The van der Waals surface area contributed by atoms with Crippen LogP contribution in [-0.4, -0.2) is 23.9 Å². The molecule has 2 rings (SSSR count). The van der Waals surface area contributed by atoms with Crippen molar-refractivity contribution in [2.75, 3.05) is 11.1 Å². The van der Waals surface area contributed by atoms with Crippen LogP contribution in [0.1, 0.15) is 32.3 Å². The molecule has 0 fully saturated rings. The maximum absolute atomic E-state index is 13.8. The van der Waals surface area contributed by atoms with Gasteiger partial charge in [-0.2, -0.15) is 0 Å². The number of rotatable bonds is 10. The third-order valence-corrected chi connectivity index (χ3v) is 3.85. The minimum atomic E-state index is -0.797. The molecule has 0 amide bonds. The fraction of sp³-hybridized carbons (Fsp3) is 0.238. The number of carbonyl (C=O) groups excluding carboxylic acids is 2. The number of ether oxygens (including phenoxy) is 1. The molecule has 0 aliphatic heterocycles. The summed E-state index contributed by atoms with van der Waals surface area (Å²) in [4.78, 5) is 32.9. The quantitative estimate of drug-likeness (QED) is 0.390. The Kier molecular flexibility index (Phi) is 9.11. The molecule has 30 heavy (non-hydrogen) atoms. The molecule has 9 heteroatoms. The standard InChI is InChI=1S/C21H22ClFN2O5/c1-3-8-21(27)30-25(29-16(2)26)24(22)19-15-18(23)12-13-20(19)28-14-7-11-17-9-5-4-6-10-17/h4-7,9-13,15H,3,8,14H2,1-2H3. The summed E-state index contributed by atoms with van der Waals surface area (Å²) in [6, 6.07) is 13.2. The van der Waals surface area contributed by atoms with Crippen molar-refractivity contribution in [2.45, 2.75) is 26.7 Å². The Morgan fingerprint density at radius 3 is 2.53 bits per heavy atom. The van der Waals surface area contributed by atoms with Crippen molar-refractivity contribution in [3.8, 4) is 5.75 Å². The maximum atomic E-state index is 13.8. The first-order valence-electron chi connectivity index (χ1n) is 9.20. The van der Waals surface area contributed by atoms with E-state index in [-0.39, 0.29) is 24.5 Å². The monoisotopic (exact) mass is 436 g/mol. The zero-order chi connectivity index (χ0) is 21.9. The number of hydrogen-bond acceptors (Lipinski definition) is 7. The van der Waals surface area contributed by atoms with Gasteiger partial charge in [0.2, 0.25) is 0 Å². The lowest BCUT2D eigenvalue weighted by Crippen LogP contribution is -2.39. The minimum Gasteiger partial charge on any atom is -0.487 e. The summed E-state index contributed by atoms with van der Waals surface area (Å²) in [5.41, 5.74) is 0.957. The Bertz CT molecular complexity index is 879. The third-order valence-electron chi connectivity index (χ3n) is 3.55. The molecule has 0 aromatic heterocycles. The summed E-state index contributed by atoms with van der Waals surface area (Å²) >= 11 is 6.19. The second-order valence-electron chi connectivity index (χ2n) is 6.03. The molecule has 0 atom stereocenters. The number of halogens is 2. The average molecular weight is 437 g/mol. The first kappa shape index (κ1) is 23.2. The zero-order valence-corrected chi connectivity index (χ0v) is 17.3. The highest BCUT2D eigenvalue weighted by Crippen LogP contribution is 2.32. The molecule has 0 saturated heterocycles. The van der Waals surface area contributed by atoms with Gasteiger partial charge < -0.3 is 14.4 Å². The lowest BCUT2D eigenvalue weighted by atomic mass is 10.2. The van der Waals surface area contributed by atoms with Crippen LogP contribution in [0.5, 0.6) is 5.75 Å². The SMILES string of the molecule is CCCC(=O)ON(OC(C)=O)N(Cl)c1cc(F)ccc1OCC=Cc1ccccc1. The van der Waals surface area contributed by atoms with E-state index >= 15 is 0 Å². The van der Waals surface area contributed by atoms with Gasteiger partial charge >= 0.3 is 11.9 Å². The van der Waals surface area contributed by atoms with E-state index < -0.39 is 17.8 Å². The van der Waals surface area contributed by atoms with Gasteiger partial charge in [0.1, 0.15) is 23.9 Å². The van der Waals surface area contributed by atoms with Crippen LogP contribution in [0.4, 0.5) is 10.1 Å². The number of hydrogen-bond donors (Lipinski definition) is 0. The number of hydrazine groups is 1. The van der Waals surface area contributed by atoms with Gasteiger partial charge in [0.15, 0.2) is 5.34 Å². The van der Waals surface area contributed by atoms with E-state index in [1.54, 1.807) is 13.0 Å². The Hall–Kier alpha value is -3.10. The Morgan fingerprint density at radius 1 is 1.13 bits per heavy atom. The third kappa shape index (κ3) is 7.38. The van der Waals surface area contributed by atoms with Crippen molar-refractivity contribution < 1.29 is 28.4 Å². The van der Waals surface area contributed by atoms with Crippen molar-refractivity contribution in [2.24, 2.45) is 0 Å². The predicted octanol–water partition coefficient (Wildman–Crippen LogP) is 4.83. The van der Waals surface area contributed by atoms with Gasteiger partial charge in [-0.25, -0.2) is 4.39 Å². The van der Waals surface area contributed by atoms with Crippen LogP contribution in [0, 0.1) is 5.82 Å². The van der Waals surface area contributed by atoms with E-state index in [1.807, 2.05) is 36.4 Å². The van der Waals surface area contributed by atoms with Gasteiger partial charge in [-0.3, -0.25) is 9.59 Å². The predicted molar refractivity (Wildman–Crippen MR) is 110 cm³/mol. The molecule has 0 aliphatic rings. The topological polar surface area (TPSA) is 68.3 Å². The Labute approximate surface area is 179 Å². The molecule has 2 aromatic rings. The second-order valence-corrected chi connectivity index (χ2v) is 6.35. The summed E-state index contributed by atoms with van der Waals surface area (Å²) in [6.07, 6.45) is 4.21. The maximum Gasteiger partial charge on any atom is 0.331 e. The van der Waals surface area contributed by atoms with Gasteiger partial charge in [-0.15, -0.1) is 4.53 Å².